The molecule has 0 radical (unpaired) electrons. The summed E-state index contributed by atoms with van der Waals surface area (Å²) in [5, 5.41) is 15.4. The number of amides is 2. The van der Waals surface area contributed by atoms with Gasteiger partial charge in [0.1, 0.15) is 0 Å². The molecule has 8 fully saturated rings. The molecule has 8 heteroatoms. The number of hydrogen-bond acceptors (Lipinski definition) is 6. The summed E-state index contributed by atoms with van der Waals surface area (Å²) in [6, 6.07) is 0. The van der Waals surface area contributed by atoms with Gasteiger partial charge in [-0.2, -0.15) is 0 Å². The van der Waals surface area contributed by atoms with E-state index in [1.807, 2.05) is 4.90 Å². The Kier molecular flexibility index (Phi) is 7.81. The molecule has 0 aromatic carbocycles. The highest BCUT2D eigenvalue weighted by molar-refractivity contribution is 5.76. The van der Waals surface area contributed by atoms with E-state index in [0.717, 1.165) is 19.3 Å². The molecule has 8 nitrogen and oxygen atoms in total. The number of aliphatic hydroxyl groups excluding tert-OH is 1. The van der Waals surface area contributed by atoms with E-state index < -0.39 is 6.10 Å². The number of morpholine rings is 1. The molecule has 8 rings (SSSR count). The summed E-state index contributed by atoms with van der Waals surface area (Å²) in [5.74, 6) is 2.86. The summed E-state index contributed by atoms with van der Waals surface area (Å²) in [6.45, 7) is 16.3. The molecule has 0 bridgehead atoms. The molecule has 6 saturated carbocycles. The molecule has 0 aromatic rings. The predicted molar refractivity (Wildman–Crippen MR) is 178 cm³/mol. The number of ether oxygens (including phenoxy) is 3. The zero-order valence-electron chi connectivity index (χ0n) is 30.0. The number of rotatable bonds is 7. The molecule has 2 saturated heterocycles. The molecular formula is C39H62N2O6. The molecule has 0 aromatic heterocycles. The standard InChI is InChI=1S/C39H62N2O6/c1-23-19-26(12-16-40-24(2)42)46-33-32(23)36(5)14-15-39-22-38(39)13-11-29(35(3,4)27(38)9-10-28(39)37(36,6)34(33)44)47-31-21-41(17-18-45-31)30(43)20-25-7-8-25/h23,25-29,31-34,44H,7-22H2,1-6H3,(H,40,42)/t23-,26+,27+,28+,29+,31?,32?,33+,34+,36-,37-,38-,39+/m1/s1. The molecule has 2 N–H and O–H groups in total. The van der Waals surface area contributed by atoms with Gasteiger partial charge in [0, 0.05) is 31.8 Å². The van der Waals surface area contributed by atoms with Gasteiger partial charge in [-0.1, -0.05) is 34.6 Å². The fraction of sp³-hybridized carbons (Fsp3) is 0.949. The van der Waals surface area contributed by atoms with Crippen LogP contribution in [-0.2, 0) is 23.8 Å². The third-order valence-electron chi connectivity index (χ3n) is 16.5. The quantitative estimate of drug-likeness (QED) is 0.366. The number of carbonyl (C=O) groups is 2. The van der Waals surface area contributed by atoms with E-state index in [4.69, 9.17) is 14.2 Å². The molecule has 2 aliphatic heterocycles. The first-order valence-corrected chi connectivity index (χ1v) is 19.4. The summed E-state index contributed by atoms with van der Waals surface area (Å²) < 4.78 is 19.8. The first-order valence-electron chi connectivity index (χ1n) is 19.4. The number of carbonyl (C=O) groups excluding carboxylic acids is 2. The van der Waals surface area contributed by atoms with E-state index in [-0.39, 0.29) is 52.7 Å². The minimum Gasteiger partial charge on any atom is -0.390 e. The largest absolute Gasteiger partial charge is 0.390 e. The average Bonchev–Trinajstić information content (AvgIpc) is 3.94. The molecule has 264 valence electrons. The van der Waals surface area contributed by atoms with Gasteiger partial charge in [-0.05, 0) is 122 Å². The van der Waals surface area contributed by atoms with Gasteiger partial charge in [-0.15, -0.1) is 0 Å². The second kappa shape index (κ2) is 11.1. The lowest BCUT2D eigenvalue weighted by molar-refractivity contribution is -0.248. The first-order chi connectivity index (χ1) is 22.3. The summed E-state index contributed by atoms with van der Waals surface area (Å²) in [6.07, 6.45) is 12.6. The molecule has 2 amide bonds. The van der Waals surface area contributed by atoms with Crippen molar-refractivity contribution in [3.8, 4) is 0 Å². The lowest BCUT2D eigenvalue weighted by Crippen LogP contribution is -2.60. The SMILES string of the molecule is CC(=O)NCC[C@H]1C[C@@H](C)C2[C@H](O1)[C@H](O)[C@@]1(C)[C@@H]3CC[C@H]4C(C)(C)[C@@H](OC5CN(C(=O)CC6CC6)CCO5)CC[C@@]45C[C@@]35CC[C@]21C. The van der Waals surface area contributed by atoms with E-state index in [9.17, 15) is 14.7 Å². The molecular weight excluding hydrogens is 592 g/mol. The van der Waals surface area contributed by atoms with E-state index in [2.05, 4.69) is 39.9 Å². The van der Waals surface area contributed by atoms with E-state index in [0.29, 0.717) is 73.1 Å². The highest BCUT2D eigenvalue weighted by atomic mass is 16.7. The molecule has 2 unspecified atom stereocenters. The van der Waals surface area contributed by atoms with Crippen LogP contribution in [0.15, 0.2) is 0 Å². The molecule has 13 atom stereocenters. The van der Waals surface area contributed by atoms with E-state index in [1.54, 1.807) is 6.92 Å². The highest BCUT2D eigenvalue weighted by Crippen LogP contribution is 2.89. The molecule has 2 heterocycles. The van der Waals surface area contributed by atoms with Crippen molar-refractivity contribution in [2.45, 2.75) is 149 Å². The Hall–Kier alpha value is -1.22. The molecule has 6 aliphatic carbocycles. The maximum absolute atomic E-state index is 12.9. The number of nitrogens with zero attached hydrogens (tertiary/aromatic N) is 1. The van der Waals surface area contributed by atoms with Crippen molar-refractivity contribution < 1.29 is 28.9 Å². The van der Waals surface area contributed by atoms with Gasteiger partial charge in [0.05, 0.1) is 37.6 Å². The predicted octanol–water partition coefficient (Wildman–Crippen LogP) is 5.70. The monoisotopic (exact) mass is 654 g/mol. The van der Waals surface area contributed by atoms with Crippen molar-refractivity contribution in [1.29, 1.82) is 0 Å². The summed E-state index contributed by atoms with van der Waals surface area (Å²) in [4.78, 5) is 26.4. The minimum absolute atomic E-state index is 0.00584. The van der Waals surface area contributed by atoms with Gasteiger partial charge < -0.3 is 29.5 Å². The number of aliphatic hydroxyl groups is 1. The van der Waals surface area contributed by atoms with Crippen LogP contribution in [0.25, 0.3) is 0 Å². The van der Waals surface area contributed by atoms with Gasteiger partial charge in [-0.3, -0.25) is 9.59 Å². The normalized spacial score (nSPS) is 51.1. The van der Waals surface area contributed by atoms with Gasteiger partial charge >= 0.3 is 0 Å². The summed E-state index contributed by atoms with van der Waals surface area (Å²) >= 11 is 0. The van der Waals surface area contributed by atoms with Crippen LogP contribution in [0.3, 0.4) is 0 Å². The fourth-order valence-electron chi connectivity index (χ4n) is 14.0. The van der Waals surface area contributed by atoms with Crippen LogP contribution in [0.2, 0.25) is 0 Å². The maximum atomic E-state index is 12.9. The van der Waals surface area contributed by atoms with E-state index in [1.165, 1.54) is 51.4 Å². The first kappa shape index (κ1) is 33.0. The van der Waals surface area contributed by atoms with E-state index >= 15 is 0 Å². The van der Waals surface area contributed by atoms with Gasteiger partial charge in [-0.25, -0.2) is 0 Å². The Balaban J connectivity index is 0.983. The number of fused-ring (bicyclic) bond motifs is 4. The van der Waals surface area contributed by atoms with Crippen LogP contribution in [0, 0.1) is 56.7 Å². The summed E-state index contributed by atoms with van der Waals surface area (Å²) in [5.41, 5.74) is 0.563. The smallest absolute Gasteiger partial charge is 0.223 e. The van der Waals surface area contributed by atoms with Crippen LogP contribution < -0.4 is 5.32 Å². The van der Waals surface area contributed by atoms with Crippen LogP contribution in [0.1, 0.15) is 119 Å². The Labute approximate surface area is 282 Å². The van der Waals surface area contributed by atoms with Crippen molar-refractivity contribution in [3.63, 3.8) is 0 Å². The van der Waals surface area contributed by atoms with Crippen LogP contribution in [0.5, 0.6) is 0 Å². The van der Waals surface area contributed by atoms with Gasteiger partial charge in [0.25, 0.3) is 0 Å². The van der Waals surface area contributed by atoms with Gasteiger partial charge in [0.2, 0.25) is 11.8 Å². The zero-order chi connectivity index (χ0) is 33.1. The van der Waals surface area contributed by atoms with Crippen LogP contribution in [0.4, 0.5) is 0 Å². The lowest BCUT2D eigenvalue weighted by Gasteiger charge is -2.64. The minimum atomic E-state index is -0.457. The summed E-state index contributed by atoms with van der Waals surface area (Å²) in [7, 11) is 0. The molecule has 2 spiro atoms. The average molecular weight is 655 g/mol. The third kappa shape index (κ3) is 4.72. The topological polar surface area (TPSA) is 97.3 Å². The zero-order valence-corrected chi connectivity index (χ0v) is 30.0. The van der Waals surface area contributed by atoms with Gasteiger partial charge in [0.15, 0.2) is 6.29 Å². The second-order valence-electron chi connectivity index (χ2n) is 18.8. The lowest BCUT2D eigenvalue weighted by atomic mass is 9.41. The Bertz CT molecular complexity index is 1270. The molecule has 47 heavy (non-hydrogen) atoms. The molecule has 8 aliphatic rings. The fourth-order valence-corrected chi connectivity index (χ4v) is 14.0. The van der Waals surface area contributed by atoms with Crippen molar-refractivity contribution in [1.82, 2.24) is 10.2 Å². The van der Waals surface area contributed by atoms with Crippen molar-refractivity contribution >= 4 is 11.8 Å². The van der Waals surface area contributed by atoms with Crippen molar-refractivity contribution in [3.05, 3.63) is 0 Å². The Morgan fingerprint density at radius 1 is 1.00 bits per heavy atom. The van der Waals surface area contributed by atoms with Crippen molar-refractivity contribution in [2.24, 2.45) is 56.7 Å². The van der Waals surface area contributed by atoms with Crippen LogP contribution >= 0.6 is 0 Å². The second-order valence-corrected chi connectivity index (χ2v) is 18.8. The Morgan fingerprint density at radius 3 is 2.49 bits per heavy atom. The third-order valence-corrected chi connectivity index (χ3v) is 16.5. The highest BCUT2D eigenvalue weighted by Gasteiger charge is 2.84. The van der Waals surface area contributed by atoms with Crippen molar-refractivity contribution in [2.75, 3.05) is 26.2 Å². The van der Waals surface area contributed by atoms with Crippen LogP contribution in [-0.4, -0.2) is 78.8 Å². The maximum Gasteiger partial charge on any atom is 0.223 e. The number of nitrogens with one attached hydrogen (secondary N) is 1. The number of hydrogen-bond donors (Lipinski definition) is 2. The Morgan fingerprint density at radius 2 is 1.74 bits per heavy atom.